The molecule has 0 aromatic carbocycles. The standard InChI is InChI=1S/C12H22O11.C12H26O4S.Na/c13-1-3-5(15)7(17)9(19)11(21-3)23-12-10(20)8(18)6(16)4(2-14)22-12;1-2-3-4-5-6-7-8-9-10-11-12-16-17(13,14)15;/h3-20H,1-2H2;2-12H2,1H3,(H,13,14,15);/q;;+1/p-1/t3-,4-,5-,6-,7+,8+,9-,10-,11-,12-;;/m1../s1. The zero-order valence-corrected chi connectivity index (χ0v) is 26.6. The van der Waals surface area contributed by atoms with E-state index < -0.39 is 85.0 Å². The minimum atomic E-state index is -4.48. The third-order valence-electron chi connectivity index (χ3n) is 6.69. The molecule has 2 aliphatic rings. The number of aliphatic hydroxyl groups is 8. The number of hydrogen-bond donors (Lipinski definition) is 8. The summed E-state index contributed by atoms with van der Waals surface area (Å²) >= 11 is 0. The van der Waals surface area contributed by atoms with Crippen molar-refractivity contribution in [3.8, 4) is 0 Å². The van der Waals surface area contributed by atoms with Crippen LogP contribution in [-0.2, 0) is 28.8 Å². The van der Waals surface area contributed by atoms with Crippen LogP contribution in [0.1, 0.15) is 71.1 Å². The van der Waals surface area contributed by atoms with Crippen LogP contribution in [0.15, 0.2) is 0 Å². The molecule has 8 N–H and O–H groups in total. The smallest absolute Gasteiger partial charge is 0.726 e. The molecule has 10 atom stereocenters. The Balaban J connectivity index is 0.000000800. The molecule has 2 rings (SSSR count). The maximum absolute atomic E-state index is 10.1. The Morgan fingerprint density at radius 2 is 1.00 bits per heavy atom. The fourth-order valence-corrected chi connectivity index (χ4v) is 4.56. The quantitative estimate of drug-likeness (QED) is 0.0344. The Kier molecular flexibility index (Phi) is 22.2. The first kappa shape index (κ1) is 41.4. The van der Waals surface area contributed by atoms with Crippen LogP contribution in [0, 0.1) is 0 Å². The molecule has 2 fully saturated rings. The summed E-state index contributed by atoms with van der Waals surface area (Å²) in [5, 5.41) is 76.4. The SMILES string of the molecule is CCCCCCCCCCCCOS(=O)(=O)[O-].OC[C@H]1O[C@H](O[C@H]2O[C@H](CO)[C@@H](O)[C@H](O)[C@H]2O)[C@H](O)[C@@H](O)[C@@H]1O.[Na+]. The fourth-order valence-electron chi connectivity index (χ4n) is 4.24. The van der Waals surface area contributed by atoms with Gasteiger partial charge in [-0.05, 0) is 6.42 Å². The molecule has 2 aliphatic heterocycles. The summed E-state index contributed by atoms with van der Waals surface area (Å²) in [5.74, 6) is 0. The van der Waals surface area contributed by atoms with E-state index in [4.69, 9.17) is 24.4 Å². The zero-order valence-electron chi connectivity index (χ0n) is 23.8. The number of rotatable bonds is 16. The normalized spacial score (nSPS) is 33.9. The maximum atomic E-state index is 10.1. The van der Waals surface area contributed by atoms with Gasteiger partial charge < -0.3 is 59.6 Å². The second-order valence-electron chi connectivity index (χ2n) is 9.94. The molecule has 17 heteroatoms. The molecule has 41 heavy (non-hydrogen) atoms. The van der Waals surface area contributed by atoms with E-state index >= 15 is 0 Å². The molecule has 15 nitrogen and oxygen atoms in total. The Labute approximate surface area is 263 Å². The van der Waals surface area contributed by atoms with Crippen LogP contribution >= 0.6 is 0 Å². The predicted molar refractivity (Wildman–Crippen MR) is 136 cm³/mol. The summed E-state index contributed by atoms with van der Waals surface area (Å²) in [4.78, 5) is 0. The zero-order chi connectivity index (χ0) is 30.3. The number of hydrogen-bond acceptors (Lipinski definition) is 15. The van der Waals surface area contributed by atoms with Gasteiger partial charge in [-0.3, -0.25) is 4.18 Å². The van der Waals surface area contributed by atoms with Crippen molar-refractivity contribution in [3.05, 3.63) is 0 Å². The second kappa shape index (κ2) is 22.0. The molecule has 0 saturated carbocycles. The van der Waals surface area contributed by atoms with Crippen molar-refractivity contribution in [2.75, 3.05) is 19.8 Å². The van der Waals surface area contributed by atoms with Gasteiger partial charge in [-0.2, -0.15) is 0 Å². The van der Waals surface area contributed by atoms with Gasteiger partial charge in [0.1, 0.15) is 48.8 Å². The van der Waals surface area contributed by atoms with Crippen molar-refractivity contribution in [2.45, 2.75) is 133 Å². The summed E-state index contributed by atoms with van der Waals surface area (Å²) in [6.07, 6.45) is -3.89. The third kappa shape index (κ3) is 15.3. The summed E-state index contributed by atoms with van der Waals surface area (Å²) in [7, 11) is -4.48. The van der Waals surface area contributed by atoms with Gasteiger partial charge in [-0.15, -0.1) is 0 Å². The van der Waals surface area contributed by atoms with E-state index in [0.717, 1.165) is 12.8 Å². The Bertz CT molecular complexity index is 725. The minimum Gasteiger partial charge on any atom is -0.726 e. The molecule has 0 unspecified atom stereocenters. The average Bonchev–Trinajstić information content (AvgIpc) is 2.91. The molecule has 0 spiro atoms. The molecule has 2 heterocycles. The molecule has 0 aromatic heterocycles. The van der Waals surface area contributed by atoms with Gasteiger partial charge >= 0.3 is 29.6 Å². The Hall–Kier alpha value is 0.430. The molecular formula is C24H47NaO15S. The molecule has 0 aromatic rings. The molecule has 0 bridgehead atoms. The van der Waals surface area contributed by atoms with E-state index in [2.05, 4.69) is 11.1 Å². The number of unbranched alkanes of at least 4 members (excludes halogenated alkanes) is 9. The number of aliphatic hydroxyl groups excluding tert-OH is 8. The van der Waals surface area contributed by atoms with Gasteiger partial charge in [0.05, 0.1) is 19.8 Å². The first-order valence-electron chi connectivity index (χ1n) is 13.7. The molecule has 0 amide bonds. The van der Waals surface area contributed by atoms with Gasteiger partial charge in [0.15, 0.2) is 12.6 Å². The average molecular weight is 631 g/mol. The van der Waals surface area contributed by atoms with Crippen molar-refractivity contribution in [1.82, 2.24) is 0 Å². The number of ether oxygens (including phenoxy) is 3. The summed E-state index contributed by atoms with van der Waals surface area (Å²) < 4.78 is 49.8. The first-order chi connectivity index (χ1) is 18.9. The summed E-state index contributed by atoms with van der Waals surface area (Å²) in [5.41, 5.74) is 0. The van der Waals surface area contributed by atoms with Crippen molar-refractivity contribution in [1.29, 1.82) is 0 Å². The van der Waals surface area contributed by atoms with Gasteiger partial charge in [-0.25, -0.2) is 8.42 Å². The van der Waals surface area contributed by atoms with E-state index in [1.165, 1.54) is 44.9 Å². The topological polar surface area (TPSA) is 256 Å². The van der Waals surface area contributed by atoms with Gasteiger partial charge in [0.25, 0.3) is 0 Å². The Morgan fingerprint density at radius 1 is 0.634 bits per heavy atom. The predicted octanol–water partition coefficient (Wildman–Crippen LogP) is -5.01. The molecular weight excluding hydrogens is 583 g/mol. The molecule has 0 radical (unpaired) electrons. The summed E-state index contributed by atoms with van der Waals surface area (Å²) in [6, 6.07) is 0. The van der Waals surface area contributed by atoms with E-state index in [-0.39, 0.29) is 36.2 Å². The van der Waals surface area contributed by atoms with Crippen LogP contribution in [0.25, 0.3) is 0 Å². The fraction of sp³-hybridized carbons (Fsp3) is 1.00. The van der Waals surface area contributed by atoms with Gasteiger partial charge in [0.2, 0.25) is 10.4 Å². The monoisotopic (exact) mass is 630 g/mol. The second-order valence-corrected chi connectivity index (χ2v) is 11.0. The maximum Gasteiger partial charge on any atom is 1.00 e. The van der Waals surface area contributed by atoms with E-state index in [1.807, 2.05) is 0 Å². The summed E-state index contributed by atoms with van der Waals surface area (Å²) in [6.45, 7) is 0.908. The van der Waals surface area contributed by atoms with Crippen LogP contribution in [0.5, 0.6) is 0 Å². The van der Waals surface area contributed by atoms with Gasteiger partial charge in [0, 0.05) is 0 Å². The third-order valence-corrected chi connectivity index (χ3v) is 7.15. The Morgan fingerprint density at radius 3 is 1.34 bits per heavy atom. The van der Waals surface area contributed by atoms with Crippen molar-refractivity contribution in [3.63, 3.8) is 0 Å². The van der Waals surface area contributed by atoms with Crippen molar-refractivity contribution < 1.29 is 102 Å². The first-order valence-corrected chi connectivity index (χ1v) is 15.1. The van der Waals surface area contributed by atoms with E-state index in [0.29, 0.717) is 6.42 Å². The van der Waals surface area contributed by atoms with E-state index in [1.54, 1.807) is 0 Å². The van der Waals surface area contributed by atoms with Crippen LogP contribution in [0.3, 0.4) is 0 Å². The van der Waals surface area contributed by atoms with Crippen molar-refractivity contribution >= 4 is 10.4 Å². The molecule has 2 saturated heterocycles. The van der Waals surface area contributed by atoms with Crippen LogP contribution in [0.2, 0.25) is 0 Å². The van der Waals surface area contributed by atoms with Gasteiger partial charge in [-0.1, -0.05) is 64.7 Å². The molecule has 240 valence electrons. The largest absolute Gasteiger partial charge is 1.00 e. The van der Waals surface area contributed by atoms with Crippen LogP contribution < -0.4 is 29.6 Å². The van der Waals surface area contributed by atoms with Crippen molar-refractivity contribution in [2.24, 2.45) is 0 Å². The molecule has 0 aliphatic carbocycles. The minimum absolute atomic E-state index is 0. The van der Waals surface area contributed by atoms with E-state index in [9.17, 15) is 43.6 Å². The van der Waals surface area contributed by atoms with Crippen LogP contribution in [-0.4, -0.2) is 135 Å². The van der Waals surface area contributed by atoms with Crippen LogP contribution in [0.4, 0.5) is 0 Å².